The molecule has 2 atom stereocenters. The molecule has 0 saturated carbocycles. The van der Waals surface area contributed by atoms with Crippen molar-refractivity contribution in [2.75, 3.05) is 20.1 Å². The number of hydrogen-bond acceptors (Lipinski definition) is 3. The number of phenols is 1. The Balaban J connectivity index is 1.78. The lowest BCUT2D eigenvalue weighted by molar-refractivity contribution is 0.0740. The number of halogens is 1. The molecule has 2 aliphatic rings. The Morgan fingerprint density at radius 2 is 2.05 bits per heavy atom. The summed E-state index contributed by atoms with van der Waals surface area (Å²) in [7, 11) is 2.17. The molecule has 0 aliphatic carbocycles. The number of fused-ring (bicyclic) bond motifs is 2. The van der Waals surface area contributed by atoms with Gasteiger partial charge in [0.1, 0.15) is 5.75 Å². The molecule has 20 heavy (non-hydrogen) atoms. The molecule has 1 N–H and O–H groups in total. The summed E-state index contributed by atoms with van der Waals surface area (Å²) in [6.45, 7) is 1.62. The van der Waals surface area contributed by atoms with E-state index >= 15 is 0 Å². The lowest BCUT2D eigenvalue weighted by Gasteiger charge is -2.26. The van der Waals surface area contributed by atoms with E-state index < -0.39 is 0 Å². The minimum absolute atomic E-state index is 0.0395. The van der Waals surface area contributed by atoms with Crippen LogP contribution in [0.3, 0.4) is 0 Å². The maximum Gasteiger partial charge on any atom is 0.254 e. The first-order chi connectivity index (χ1) is 9.56. The Morgan fingerprint density at radius 1 is 1.30 bits per heavy atom. The van der Waals surface area contributed by atoms with Crippen molar-refractivity contribution in [3.63, 3.8) is 0 Å². The lowest BCUT2D eigenvalue weighted by atomic mass is 10.1. The summed E-state index contributed by atoms with van der Waals surface area (Å²) in [6.07, 6.45) is 3.49. The molecule has 2 saturated heterocycles. The van der Waals surface area contributed by atoms with E-state index in [0.717, 1.165) is 23.1 Å². The molecule has 2 fully saturated rings. The van der Waals surface area contributed by atoms with Crippen LogP contribution >= 0.6 is 22.6 Å². The summed E-state index contributed by atoms with van der Waals surface area (Å²) in [5.41, 5.74) is 0.586. The van der Waals surface area contributed by atoms with Crippen LogP contribution < -0.4 is 0 Å². The van der Waals surface area contributed by atoms with E-state index in [1.807, 2.05) is 4.90 Å². The van der Waals surface area contributed by atoms with Crippen molar-refractivity contribution in [1.29, 1.82) is 0 Å². The maximum absolute atomic E-state index is 12.6. The SMILES string of the molecule is CN1C2CCC1CN(C(=O)c1ccc(I)c(O)c1)CC2. The van der Waals surface area contributed by atoms with Gasteiger partial charge in [0.25, 0.3) is 5.91 Å². The third-order valence-electron chi connectivity index (χ3n) is 4.63. The van der Waals surface area contributed by atoms with E-state index in [2.05, 4.69) is 34.5 Å². The zero-order valence-electron chi connectivity index (χ0n) is 11.6. The van der Waals surface area contributed by atoms with Crippen molar-refractivity contribution < 1.29 is 9.90 Å². The van der Waals surface area contributed by atoms with Gasteiger partial charge in [-0.3, -0.25) is 9.69 Å². The molecule has 1 aromatic carbocycles. The van der Waals surface area contributed by atoms with Crippen molar-refractivity contribution >= 4 is 28.5 Å². The van der Waals surface area contributed by atoms with E-state index in [-0.39, 0.29) is 11.7 Å². The maximum atomic E-state index is 12.6. The Bertz CT molecular complexity index is 535. The van der Waals surface area contributed by atoms with Gasteiger partial charge in [0, 0.05) is 30.7 Å². The second kappa shape index (κ2) is 5.52. The molecule has 1 aromatic rings. The van der Waals surface area contributed by atoms with Gasteiger partial charge < -0.3 is 10.0 Å². The number of amides is 1. The molecule has 2 bridgehead atoms. The van der Waals surface area contributed by atoms with Gasteiger partial charge >= 0.3 is 0 Å². The second-order valence-electron chi connectivity index (χ2n) is 5.76. The molecule has 0 radical (unpaired) electrons. The van der Waals surface area contributed by atoms with Crippen LogP contribution in [0.15, 0.2) is 18.2 Å². The molecule has 2 aliphatic heterocycles. The Labute approximate surface area is 132 Å². The van der Waals surface area contributed by atoms with E-state index in [4.69, 9.17) is 0 Å². The monoisotopic (exact) mass is 386 g/mol. The van der Waals surface area contributed by atoms with Crippen molar-refractivity contribution in [2.45, 2.75) is 31.3 Å². The summed E-state index contributed by atoms with van der Waals surface area (Å²) >= 11 is 2.06. The largest absolute Gasteiger partial charge is 0.507 e. The van der Waals surface area contributed by atoms with E-state index in [1.165, 1.54) is 12.8 Å². The van der Waals surface area contributed by atoms with Crippen molar-refractivity contribution in [1.82, 2.24) is 9.80 Å². The fraction of sp³-hybridized carbons (Fsp3) is 0.533. The predicted octanol–water partition coefficient (Wildman–Crippen LogP) is 2.31. The Hall–Kier alpha value is -0.820. The first-order valence-corrected chi connectivity index (χ1v) is 8.14. The smallest absolute Gasteiger partial charge is 0.254 e. The molecule has 5 heteroatoms. The Kier molecular flexibility index (Phi) is 3.90. The van der Waals surface area contributed by atoms with Gasteiger partial charge in [-0.2, -0.15) is 0 Å². The number of aromatic hydroxyl groups is 1. The summed E-state index contributed by atoms with van der Waals surface area (Å²) in [4.78, 5) is 17.0. The average Bonchev–Trinajstić information content (AvgIpc) is 2.66. The molecular weight excluding hydrogens is 367 g/mol. The van der Waals surface area contributed by atoms with Gasteiger partial charge in [0.05, 0.1) is 3.57 Å². The number of likely N-dealkylation sites (tertiary alicyclic amines) is 1. The molecule has 1 amide bonds. The molecule has 0 spiro atoms. The molecule has 2 unspecified atom stereocenters. The van der Waals surface area contributed by atoms with Crippen LogP contribution in [0.25, 0.3) is 0 Å². The highest BCUT2D eigenvalue weighted by atomic mass is 127. The number of carbonyl (C=O) groups is 1. The highest BCUT2D eigenvalue weighted by molar-refractivity contribution is 14.1. The summed E-state index contributed by atoms with van der Waals surface area (Å²) < 4.78 is 0.772. The van der Waals surface area contributed by atoms with Crippen LogP contribution in [0.1, 0.15) is 29.6 Å². The van der Waals surface area contributed by atoms with Crippen LogP contribution in [-0.4, -0.2) is 53.0 Å². The van der Waals surface area contributed by atoms with Gasteiger partial charge in [-0.05, 0) is 67.1 Å². The molecule has 3 rings (SSSR count). The summed E-state index contributed by atoms with van der Waals surface area (Å²) in [5.74, 6) is 0.225. The van der Waals surface area contributed by atoms with Crippen molar-refractivity contribution in [3.8, 4) is 5.75 Å². The van der Waals surface area contributed by atoms with Gasteiger partial charge in [-0.1, -0.05) is 0 Å². The minimum Gasteiger partial charge on any atom is -0.507 e. The number of benzene rings is 1. The summed E-state index contributed by atoms with van der Waals surface area (Å²) in [6, 6.07) is 6.29. The topological polar surface area (TPSA) is 43.8 Å². The number of hydrogen-bond donors (Lipinski definition) is 1. The highest BCUT2D eigenvalue weighted by Crippen LogP contribution is 2.29. The number of likely N-dealkylation sites (N-methyl/N-ethyl adjacent to an activating group) is 1. The van der Waals surface area contributed by atoms with Crippen molar-refractivity contribution in [2.24, 2.45) is 0 Å². The van der Waals surface area contributed by atoms with Gasteiger partial charge in [0.2, 0.25) is 0 Å². The van der Waals surface area contributed by atoms with Crippen LogP contribution in [0.4, 0.5) is 0 Å². The number of phenolic OH excluding ortho intramolecular Hbond substituents is 1. The number of rotatable bonds is 1. The van der Waals surface area contributed by atoms with Gasteiger partial charge in [0.15, 0.2) is 0 Å². The molecule has 108 valence electrons. The first kappa shape index (κ1) is 14.1. The molecule has 0 aromatic heterocycles. The molecular formula is C15H19IN2O2. The third-order valence-corrected chi connectivity index (χ3v) is 5.54. The lowest BCUT2D eigenvalue weighted by Crippen LogP contribution is -2.39. The predicted molar refractivity (Wildman–Crippen MR) is 85.9 cm³/mol. The van der Waals surface area contributed by atoms with Crippen LogP contribution in [0, 0.1) is 3.57 Å². The fourth-order valence-electron chi connectivity index (χ4n) is 3.32. The van der Waals surface area contributed by atoms with E-state index in [0.29, 0.717) is 17.6 Å². The standard InChI is InChI=1S/C15H19IN2O2/c1-17-11-3-4-12(17)9-18(7-6-11)15(20)10-2-5-13(16)14(19)8-10/h2,5,8,11-12,19H,3-4,6-7,9H2,1H3. The Morgan fingerprint density at radius 3 is 2.80 bits per heavy atom. The summed E-state index contributed by atoms with van der Waals surface area (Å²) in [5, 5.41) is 9.76. The average molecular weight is 386 g/mol. The van der Waals surface area contributed by atoms with Crippen LogP contribution in [0.2, 0.25) is 0 Å². The molecule has 2 heterocycles. The van der Waals surface area contributed by atoms with Crippen LogP contribution in [0.5, 0.6) is 5.75 Å². The van der Waals surface area contributed by atoms with Crippen molar-refractivity contribution in [3.05, 3.63) is 27.3 Å². The van der Waals surface area contributed by atoms with Gasteiger partial charge in [-0.25, -0.2) is 0 Å². The van der Waals surface area contributed by atoms with Gasteiger partial charge in [-0.15, -0.1) is 0 Å². The second-order valence-corrected chi connectivity index (χ2v) is 6.92. The molecule has 4 nitrogen and oxygen atoms in total. The quantitative estimate of drug-likeness (QED) is 0.754. The van der Waals surface area contributed by atoms with E-state index in [1.54, 1.807) is 18.2 Å². The highest BCUT2D eigenvalue weighted by Gasteiger charge is 2.36. The zero-order valence-corrected chi connectivity index (χ0v) is 13.7. The number of carbonyl (C=O) groups excluding carboxylic acids is 1. The van der Waals surface area contributed by atoms with Crippen LogP contribution in [-0.2, 0) is 0 Å². The fourth-order valence-corrected chi connectivity index (χ4v) is 3.66. The first-order valence-electron chi connectivity index (χ1n) is 7.06. The zero-order chi connectivity index (χ0) is 14.3. The normalized spacial score (nSPS) is 26.6. The third kappa shape index (κ3) is 2.53. The van der Waals surface area contributed by atoms with E-state index in [9.17, 15) is 9.90 Å². The number of nitrogens with zero attached hydrogens (tertiary/aromatic N) is 2. The minimum atomic E-state index is 0.0395.